The Morgan fingerprint density at radius 1 is 0.771 bits per heavy atom. The molecule has 0 aliphatic rings. The van der Waals surface area contributed by atoms with Gasteiger partial charge in [0.2, 0.25) is 0 Å². The van der Waals surface area contributed by atoms with Crippen molar-refractivity contribution in [2.24, 2.45) is 0 Å². The van der Waals surface area contributed by atoms with Crippen LogP contribution in [0.5, 0.6) is 0 Å². The molecule has 0 radical (unpaired) electrons. The Hall–Kier alpha value is -3.58. The summed E-state index contributed by atoms with van der Waals surface area (Å²) in [6.07, 6.45) is 16.1. The van der Waals surface area contributed by atoms with Gasteiger partial charge < -0.3 is 4.90 Å². The Balaban J connectivity index is 1.97. The molecule has 0 fully saturated rings. The van der Waals surface area contributed by atoms with E-state index in [-0.39, 0.29) is 5.41 Å². The van der Waals surface area contributed by atoms with Crippen molar-refractivity contribution in [1.29, 1.82) is 0 Å². The lowest BCUT2D eigenvalue weighted by Gasteiger charge is -2.31. The van der Waals surface area contributed by atoms with E-state index >= 15 is 0 Å². The molecule has 0 aliphatic heterocycles. The van der Waals surface area contributed by atoms with Crippen LogP contribution in [0.4, 0.5) is 11.4 Å². The van der Waals surface area contributed by atoms with Gasteiger partial charge in [-0.2, -0.15) is 0 Å². The van der Waals surface area contributed by atoms with Gasteiger partial charge in [-0.25, -0.2) is 0 Å². The van der Waals surface area contributed by atoms with Crippen molar-refractivity contribution in [3.05, 3.63) is 144 Å². The monoisotopic (exact) mass is 461 g/mol. The highest BCUT2D eigenvalue weighted by Gasteiger charge is 2.27. The molecule has 35 heavy (non-hydrogen) atoms. The first-order valence-electron chi connectivity index (χ1n) is 12.6. The minimum atomic E-state index is -0.106. The van der Waals surface area contributed by atoms with Crippen LogP contribution in [-0.4, -0.2) is 6.54 Å². The number of hydrogen-bond donors (Lipinski definition) is 0. The molecule has 180 valence electrons. The fourth-order valence-corrected chi connectivity index (χ4v) is 4.23. The van der Waals surface area contributed by atoms with Gasteiger partial charge in [-0.3, -0.25) is 0 Å². The highest BCUT2D eigenvalue weighted by molar-refractivity contribution is 5.65. The van der Waals surface area contributed by atoms with Gasteiger partial charge >= 0.3 is 0 Å². The molecular weight excluding hydrogens is 422 g/mol. The van der Waals surface area contributed by atoms with E-state index in [0.717, 1.165) is 13.0 Å². The lowest BCUT2D eigenvalue weighted by Crippen LogP contribution is -2.23. The quantitative estimate of drug-likeness (QED) is 0.272. The van der Waals surface area contributed by atoms with Gasteiger partial charge in [0.25, 0.3) is 0 Å². The van der Waals surface area contributed by atoms with Crippen molar-refractivity contribution in [1.82, 2.24) is 0 Å². The minimum absolute atomic E-state index is 0.106. The van der Waals surface area contributed by atoms with E-state index in [1.54, 1.807) is 0 Å². The molecule has 0 saturated heterocycles. The normalized spacial score (nSPS) is 14.1. The molecule has 0 saturated carbocycles. The van der Waals surface area contributed by atoms with E-state index in [1.807, 2.05) is 6.92 Å². The number of anilines is 2. The third-order valence-electron chi connectivity index (χ3n) is 6.66. The van der Waals surface area contributed by atoms with Gasteiger partial charge in [0.15, 0.2) is 0 Å². The number of nitrogens with zero attached hydrogens (tertiary/aromatic N) is 1. The predicted molar refractivity (Wildman–Crippen MR) is 155 cm³/mol. The van der Waals surface area contributed by atoms with Gasteiger partial charge in [-0.15, -0.1) is 0 Å². The maximum Gasteiger partial charge on any atom is 0.0415 e. The van der Waals surface area contributed by atoms with Gasteiger partial charge in [-0.1, -0.05) is 115 Å². The minimum Gasteiger partial charge on any atom is -0.338 e. The second-order valence-corrected chi connectivity index (χ2v) is 9.28. The van der Waals surface area contributed by atoms with Crippen LogP contribution in [0.25, 0.3) is 0 Å². The van der Waals surface area contributed by atoms with Gasteiger partial charge in [-0.05, 0) is 69.5 Å². The molecular formula is C34H39N. The standard InChI is InChI=1S/C34H39N/c1-6-8-9-13-27-35(32-22-18-29(4)19-23-32)33-24-20-31(21-25-33)34(5,26-14-15-28(3)7-2)30-16-11-10-12-17-30/h6-25H,26-27H2,1-5H3/b8-6-,13-9-,15-14-,28-7-. The third-order valence-corrected chi connectivity index (χ3v) is 6.66. The fourth-order valence-electron chi connectivity index (χ4n) is 4.23. The van der Waals surface area contributed by atoms with E-state index in [1.165, 1.54) is 33.6 Å². The van der Waals surface area contributed by atoms with Gasteiger partial charge in [0.1, 0.15) is 0 Å². The zero-order valence-corrected chi connectivity index (χ0v) is 21.9. The summed E-state index contributed by atoms with van der Waals surface area (Å²) >= 11 is 0. The SMILES string of the molecule is C/C=C\C=C/CN(c1ccc(C)cc1)c1ccc(C(C)(C/C=C\C(C)=C/C)c2ccccc2)cc1. The van der Waals surface area contributed by atoms with Crippen molar-refractivity contribution in [3.8, 4) is 0 Å². The van der Waals surface area contributed by atoms with Gasteiger partial charge in [0.05, 0.1) is 0 Å². The van der Waals surface area contributed by atoms with E-state index in [0.29, 0.717) is 0 Å². The van der Waals surface area contributed by atoms with Crippen LogP contribution in [0.3, 0.4) is 0 Å². The lowest BCUT2D eigenvalue weighted by atomic mass is 9.73. The third kappa shape index (κ3) is 6.96. The molecule has 0 spiro atoms. The molecule has 0 aromatic heterocycles. The largest absolute Gasteiger partial charge is 0.338 e. The second kappa shape index (κ2) is 12.8. The Bertz CT molecular complexity index is 1160. The summed E-state index contributed by atoms with van der Waals surface area (Å²) in [6.45, 7) is 11.6. The average molecular weight is 462 g/mol. The average Bonchev–Trinajstić information content (AvgIpc) is 2.90. The van der Waals surface area contributed by atoms with Crippen LogP contribution in [0.15, 0.2) is 127 Å². The predicted octanol–water partition coefficient (Wildman–Crippen LogP) is 9.48. The maximum absolute atomic E-state index is 2.36. The first-order valence-corrected chi connectivity index (χ1v) is 12.6. The highest BCUT2D eigenvalue weighted by Crippen LogP contribution is 2.37. The zero-order valence-electron chi connectivity index (χ0n) is 21.9. The number of benzene rings is 3. The van der Waals surface area contributed by atoms with Crippen molar-refractivity contribution >= 4 is 11.4 Å². The van der Waals surface area contributed by atoms with E-state index in [9.17, 15) is 0 Å². The molecule has 0 heterocycles. The molecule has 3 aromatic carbocycles. The van der Waals surface area contributed by atoms with Crippen LogP contribution >= 0.6 is 0 Å². The number of aryl methyl sites for hydroxylation is 1. The van der Waals surface area contributed by atoms with Crippen LogP contribution in [0.1, 0.15) is 50.8 Å². The van der Waals surface area contributed by atoms with Crippen LogP contribution < -0.4 is 4.90 Å². The molecule has 3 aromatic rings. The Morgan fingerprint density at radius 2 is 1.37 bits per heavy atom. The molecule has 1 nitrogen and oxygen atoms in total. The maximum atomic E-state index is 2.36. The topological polar surface area (TPSA) is 3.24 Å². The highest BCUT2D eigenvalue weighted by atomic mass is 15.1. The zero-order chi connectivity index (χ0) is 25.1. The van der Waals surface area contributed by atoms with Crippen LogP contribution in [-0.2, 0) is 5.41 Å². The summed E-state index contributed by atoms with van der Waals surface area (Å²) in [5.74, 6) is 0. The molecule has 1 atom stereocenters. The van der Waals surface area contributed by atoms with Crippen LogP contribution in [0.2, 0.25) is 0 Å². The summed E-state index contributed by atoms with van der Waals surface area (Å²) in [7, 11) is 0. The molecule has 0 bridgehead atoms. The first-order chi connectivity index (χ1) is 17.0. The van der Waals surface area contributed by atoms with Crippen LogP contribution in [0, 0.1) is 6.92 Å². The Morgan fingerprint density at radius 3 is 1.97 bits per heavy atom. The molecule has 3 rings (SSSR count). The lowest BCUT2D eigenvalue weighted by molar-refractivity contribution is 0.580. The van der Waals surface area contributed by atoms with E-state index in [4.69, 9.17) is 0 Å². The van der Waals surface area contributed by atoms with Crippen molar-refractivity contribution in [2.75, 3.05) is 11.4 Å². The summed E-state index contributed by atoms with van der Waals surface area (Å²) < 4.78 is 0. The second-order valence-electron chi connectivity index (χ2n) is 9.28. The van der Waals surface area contributed by atoms with Crippen molar-refractivity contribution < 1.29 is 0 Å². The molecule has 1 heteroatoms. The molecule has 1 unspecified atom stereocenters. The van der Waals surface area contributed by atoms with Gasteiger partial charge in [0, 0.05) is 23.3 Å². The van der Waals surface area contributed by atoms with Crippen molar-refractivity contribution in [3.63, 3.8) is 0 Å². The summed E-state index contributed by atoms with van der Waals surface area (Å²) in [6, 6.07) is 28.8. The molecule has 0 amide bonds. The number of allylic oxidation sites excluding steroid dienone is 7. The van der Waals surface area contributed by atoms with Crippen molar-refractivity contribution in [2.45, 2.75) is 46.5 Å². The molecule has 0 aliphatic carbocycles. The number of hydrogen-bond acceptors (Lipinski definition) is 1. The summed E-state index contributed by atoms with van der Waals surface area (Å²) in [5, 5.41) is 0. The summed E-state index contributed by atoms with van der Waals surface area (Å²) in [4.78, 5) is 2.36. The smallest absolute Gasteiger partial charge is 0.0415 e. The number of rotatable bonds is 10. The van der Waals surface area contributed by atoms with E-state index in [2.05, 4.69) is 154 Å². The Labute approximate surface area is 212 Å². The summed E-state index contributed by atoms with van der Waals surface area (Å²) in [5.41, 5.74) is 7.50. The van der Waals surface area contributed by atoms with E-state index < -0.39 is 0 Å². The Kier molecular flexibility index (Phi) is 9.49. The fraction of sp³-hybridized carbons (Fsp3) is 0.235. The first kappa shape index (κ1) is 26.0. The molecule has 0 N–H and O–H groups in total.